The zero-order valence-electron chi connectivity index (χ0n) is 11.3. The van der Waals surface area contributed by atoms with Crippen molar-refractivity contribution in [1.29, 1.82) is 0 Å². The summed E-state index contributed by atoms with van der Waals surface area (Å²) in [6, 6.07) is 10.6. The van der Waals surface area contributed by atoms with E-state index in [9.17, 15) is 0 Å². The van der Waals surface area contributed by atoms with Gasteiger partial charge in [0.15, 0.2) is 0 Å². The lowest BCUT2D eigenvalue weighted by Gasteiger charge is -2.06. The van der Waals surface area contributed by atoms with E-state index in [0.29, 0.717) is 5.92 Å². The normalized spacial score (nSPS) is 16.1. The molecular weight excluding hydrogens is 256 g/mol. The van der Waals surface area contributed by atoms with E-state index in [0.717, 1.165) is 11.7 Å². The molecule has 0 unspecified atom stereocenters. The monoisotopic (exact) mass is 274 g/mol. The number of aryl methyl sites for hydroxylation is 1. The Morgan fingerprint density at radius 1 is 1.26 bits per heavy atom. The molecule has 1 saturated carbocycles. The van der Waals surface area contributed by atoms with Crippen molar-refractivity contribution in [2.45, 2.75) is 45.1 Å². The van der Waals surface area contributed by atoms with Crippen molar-refractivity contribution in [2.24, 2.45) is 0 Å². The summed E-state index contributed by atoms with van der Waals surface area (Å²) in [6.07, 6.45) is 5.18. The van der Waals surface area contributed by atoms with Crippen LogP contribution in [0.3, 0.4) is 0 Å². The first kappa shape index (κ1) is 12.7. The van der Waals surface area contributed by atoms with Gasteiger partial charge in [-0.05, 0) is 31.4 Å². The molecule has 19 heavy (non-hydrogen) atoms. The largest absolute Gasteiger partial charge is 0.249 e. The van der Waals surface area contributed by atoms with Crippen LogP contribution in [0.15, 0.2) is 30.3 Å². The first-order valence-electron chi connectivity index (χ1n) is 7.01. The summed E-state index contributed by atoms with van der Waals surface area (Å²) in [5.41, 5.74) is 3.70. The third-order valence-electron chi connectivity index (χ3n) is 3.94. The SMILES string of the molecule is Cc1cccc(Cn2nc(C3CCCC3)cc2Cl)c1. The third-order valence-corrected chi connectivity index (χ3v) is 4.24. The van der Waals surface area contributed by atoms with Gasteiger partial charge in [0, 0.05) is 5.92 Å². The van der Waals surface area contributed by atoms with Crippen LogP contribution in [-0.2, 0) is 6.54 Å². The van der Waals surface area contributed by atoms with Gasteiger partial charge in [-0.25, -0.2) is 4.68 Å². The molecule has 100 valence electrons. The minimum atomic E-state index is 0.622. The van der Waals surface area contributed by atoms with Crippen LogP contribution in [0, 0.1) is 6.92 Å². The summed E-state index contributed by atoms with van der Waals surface area (Å²) in [6.45, 7) is 2.87. The van der Waals surface area contributed by atoms with Gasteiger partial charge in [-0.3, -0.25) is 0 Å². The second-order valence-corrected chi connectivity index (χ2v) is 5.91. The fourth-order valence-corrected chi connectivity index (χ4v) is 3.14. The van der Waals surface area contributed by atoms with Crippen LogP contribution in [0.5, 0.6) is 0 Å². The second kappa shape index (κ2) is 5.38. The highest BCUT2D eigenvalue weighted by Gasteiger charge is 2.20. The quantitative estimate of drug-likeness (QED) is 0.803. The standard InChI is InChI=1S/C16H19ClN2/c1-12-5-4-6-13(9-12)11-19-16(17)10-15(18-19)14-7-2-3-8-14/h4-6,9-10,14H,2-3,7-8,11H2,1H3. The van der Waals surface area contributed by atoms with Crippen LogP contribution in [-0.4, -0.2) is 9.78 Å². The summed E-state index contributed by atoms with van der Waals surface area (Å²) in [5, 5.41) is 5.45. The summed E-state index contributed by atoms with van der Waals surface area (Å²) < 4.78 is 1.92. The number of benzene rings is 1. The molecule has 1 aliphatic rings. The molecule has 0 aliphatic heterocycles. The minimum Gasteiger partial charge on any atom is -0.249 e. The first-order valence-corrected chi connectivity index (χ1v) is 7.39. The molecule has 0 atom stereocenters. The third kappa shape index (κ3) is 2.84. The number of nitrogens with zero attached hydrogens (tertiary/aromatic N) is 2. The zero-order chi connectivity index (χ0) is 13.2. The molecule has 0 saturated heterocycles. The highest BCUT2D eigenvalue weighted by atomic mass is 35.5. The van der Waals surface area contributed by atoms with Crippen LogP contribution in [0.2, 0.25) is 5.15 Å². The van der Waals surface area contributed by atoms with Gasteiger partial charge in [0.25, 0.3) is 0 Å². The maximum atomic E-state index is 6.31. The average molecular weight is 275 g/mol. The van der Waals surface area contributed by atoms with E-state index in [4.69, 9.17) is 16.7 Å². The molecule has 0 amide bonds. The summed E-state index contributed by atoms with van der Waals surface area (Å²) in [4.78, 5) is 0. The van der Waals surface area contributed by atoms with Crippen LogP contribution in [0.25, 0.3) is 0 Å². The lowest BCUT2D eigenvalue weighted by molar-refractivity contribution is 0.629. The molecule has 3 rings (SSSR count). The molecule has 0 radical (unpaired) electrons. The van der Waals surface area contributed by atoms with E-state index in [1.807, 2.05) is 10.7 Å². The van der Waals surface area contributed by atoms with Crippen molar-refractivity contribution in [2.75, 3.05) is 0 Å². The van der Waals surface area contributed by atoms with Gasteiger partial charge >= 0.3 is 0 Å². The van der Waals surface area contributed by atoms with Gasteiger partial charge in [0.2, 0.25) is 0 Å². The number of halogens is 1. The Bertz CT molecular complexity index is 568. The molecule has 1 aromatic heterocycles. The van der Waals surface area contributed by atoms with Crippen LogP contribution < -0.4 is 0 Å². The van der Waals surface area contributed by atoms with Crippen LogP contribution in [0.4, 0.5) is 0 Å². The Balaban J connectivity index is 1.81. The Hall–Kier alpha value is -1.28. The molecule has 1 aromatic carbocycles. The van der Waals surface area contributed by atoms with Crippen molar-refractivity contribution < 1.29 is 0 Å². The van der Waals surface area contributed by atoms with Gasteiger partial charge < -0.3 is 0 Å². The van der Waals surface area contributed by atoms with Crippen LogP contribution in [0.1, 0.15) is 48.4 Å². The lowest BCUT2D eigenvalue weighted by atomic mass is 10.1. The molecule has 1 fully saturated rings. The van der Waals surface area contributed by atoms with E-state index in [1.165, 1.54) is 42.5 Å². The first-order chi connectivity index (χ1) is 9.22. The molecule has 3 heteroatoms. The second-order valence-electron chi connectivity index (χ2n) is 5.52. The van der Waals surface area contributed by atoms with Gasteiger partial charge in [-0.1, -0.05) is 54.3 Å². The van der Waals surface area contributed by atoms with Crippen molar-refractivity contribution in [3.63, 3.8) is 0 Å². The van der Waals surface area contributed by atoms with E-state index in [1.54, 1.807) is 0 Å². The predicted octanol–water partition coefficient (Wildman–Crippen LogP) is 4.55. The van der Waals surface area contributed by atoms with Crippen molar-refractivity contribution in [3.05, 3.63) is 52.3 Å². The van der Waals surface area contributed by atoms with Crippen molar-refractivity contribution >= 4 is 11.6 Å². The molecule has 1 heterocycles. The van der Waals surface area contributed by atoms with E-state index >= 15 is 0 Å². The van der Waals surface area contributed by atoms with E-state index in [2.05, 4.69) is 31.2 Å². The van der Waals surface area contributed by atoms with Gasteiger partial charge in [0.05, 0.1) is 12.2 Å². The maximum absolute atomic E-state index is 6.31. The summed E-state index contributed by atoms with van der Waals surface area (Å²) >= 11 is 6.31. The van der Waals surface area contributed by atoms with E-state index < -0.39 is 0 Å². The van der Waals surface area contributed by atoms with Crippen molar-refractivity contribution in [3.8, 4) is 0 Å². The summed E-state index contributed by atoms with van der Waals surface area (Å²) in [7, 11) is 0. The Morgan fingerprint density at radius 2 is 2.05 bits per heavy atom. The van der Waals surface area contributed by atoms with Gasteiger partial charge in [-0.2, -0.15) is 5.10 Å². The zero-order valence-corrected chi connectivity index (χ0v) is 12.0. The molecule has 0 spiro atoms. The highest BCUT2D eigenvalue weighted by molar-refractivity contribution is 6.29. The maximum Gasteiger partial charge on any atom is 0.127 e. The fraction of sp³-hybridized carbons (Fsp3) is 0.438. The molecule has 0 N–H and O–H groups in total. The molecule has 2 aromatic rings. The predicted molar refractivity (Wildman–Crippen MR) is 78.7 cm³/mol. The Morgan fingerprint density at radius 3 is 2.79 bits per heavy atom. The molecule has 0 bridgehead atoms. The molecule has 1 aliphatic carbocycles. The fourth-order valence-electron chi connectivity index (χ4n) is 2.93. The number of hydrogen-bond acceptors (Lipinski definition) is 1. The number of rotatable bonds is 3. The van der Waals surface area contributed by atoms with Gasteiger partial charge in [-0.15, -0.1) is 0 Å². The molecular formula is C16H19ClN2. The number of hydrogen-bond donors (Lipinski definition) is 0. The average Bonchev–Trinajstić information content (AvgIpc) is 3.00. The topological polar surface area (TPSA) is 17.8 Å². The lowest BCUT2D eigenvalue weighted by Crippen LogP contribution is -2.03. The number of aromatic nitrogens is 2. The smallest absolute Gasteiger partial charge is 0.127 e. The van der Waals surface area contributed by atoms with Gasteiger partial charge in [0.1, 0.15) is 5.15 Å². The summed E-state index contributed by atoms with van der Waals surface area (Å²) in [5.74, 6) is 0.622. The Labute approximate surface area is 119 Å². The van der Waals surface area contributed by atoms with E-state index in [-0.39, 0.29) is 0 Å². The van der Waals surface area contributed by atoms with Crippen molar-refractivity contribution in [1.82, 2.24) is 9.78 Å². The van der Waals surface area contributed by atoms with Crippen LogP contribution >= 0.6 is 11.6 Å². The highest BCUT2D eigenvalue weighted by Crippen LogP contribution is 2.34. The minimum absolute atomic E-state index is 0.622. The molecule has 2 nitrogen and oxygen atoms in total. The Kier molecular flexibility index (Phi) is 3.61.